The summed E-state index contributed by atoms with van der Waals surface area (Å²) in [5.74, 6) is 0.423. The number of hydrogen-bond acceptors (Lipinski definition) is 1. The number of hydrogen-bond donors (Lipinski definition) is 0. The third-order valence-electron chi connectivity index (χ3n) is 3.80. The molecular formula is C18H20LiN. The Labute approximate surface area is 134 Å². The van der Waals surface area contributed by atoms with Gasteiger partial charge in [-0.3, -0.25) is 0 Å². The predicted octanol–water partition coefficient (Wildman–Crippen LogP) is 1.28. The number of allylic oxidation sites excluding steroid dienone is 3. The molecule has 0 N–H and O–H groups in total. The molecule has 98 valence electrons. The maximum absolute atomic E-state index is 3.59. The van der Waals surface area contributed by atoms with E-state index in [1.54, 1.807) is 0 Å². The summed E-state index contributed by atoms with van der Waals surface area (Å²) < 4.78 is 0. The molecule has 2 heteroatoms. The van der Waals surface area contributed by atoms with Gasteiger partial charge in [-0.25, -0.2) is 6.08 Å². The van der Waals surface area contributed by atoms with Crippen molar-refractivity contribution in [3.63, 3.8) is 0 Å². The first-order valence-electron chi connectivity index (χ1n) is 6.90. The van der Waals surface area contributed by atoms with E-state index in [4.69, 9.17) is 0 Å². The second kappa shape index (κ2) is 5.68. The standard InChI is InChI=1S/C18H20N.Li/c1-18(2,3)19-13-15-11-7-8-12-16(15)17(19)14-9-5-4-6-10-14;/h4-12,16-17H,1-3H3;/q-1;+1/t16-,17+;/m0./s1. The first-order valence-corrected chi connectivity index (χ1v) is 6.90. The van der Waals surface area contributed by atoms with Crippen LogP contribution in [0, 0.1) is 12.1 Å². The number of rotatable bonds is 1. The quantitative estimate of drug-likeness (QED) is 0.541. The molecule has 3 rings (SSSR count). The van der Waals surface area contributed by atoms with Gasteiger partial charge in [0.2, 0.25) is 0 Å². The fraction of sp³-hybridized carbons (Fsp3) is 0.333. The van der Waals surface area contributed by atoms with Gasteiger partial charge in [-0.15, -0.1) is 6.08 Å². The minimum atomic E-state index is 0. The van der Waals surface area contributed by atoms with Crippen LogP contribution < -0.4 is 18.9 Å². The molecule has 1 aromatic carbocycles. The first-order chi connectivity index (χ1) is 9.07. The molecule has 2 aliphatic rings. The van der Waals surface area contributed by atoms with Crippen LogP contribution in [0.2, 0.25) is 0 Å². The number of nitrogens with zero attached hydrogens (tertiary/aromatic N) is 1. The fourth-order valence-electron chi connectivity index (χ4n) is 2.91. The minimum absolute atomic E-state index is 0. The molecule has 0 saturated carbocycles. The SMILES string of the molecule is CC(C)(C)N1[C-]=C2C=CC=C[C@@H]2[C@H]1c1ccccc1.[Li+]. The van der Waals surface area contributed by atoms with E-state index in [9.17, 15) is 0 Å². The molecule has 0 aromatic heterocycles. The van der Waals surface area contributed by atoms with Gasteiger partial charge in [0.05, 0.1) is 0 Å². The number of fused-ring (bicyclic) bond motifs is 1. The van der Waals surface area contributed by atoms with Crippen molar-refractivity contribution in [2.75, 3.05) is 0 Å². The first kappa shape index (κ1) is 15.2. The van der Waals surface area contributed by atoms with Crippen LogP contribution in [0.1, 0.15) is 32.4 Å². The van der Waals surface area contributed by atoms with Gasteiger partial charge in [0.15, 0.2) is 0 Å². The third-order valence-corrected chi connectivity index (χ3v) is 3.80. The van der Waals surface area contributed by atoms with Crippen molar-refractivity contribution in [1.29, 1.82) is 0 Å². The maximum Gasteiger partial charge on any atom is 1.00 e. The summed E-state index contributed by atoms with van der Waals surface area (Å²) in [7, 11) is 0. The van der Waals surface area contributed by atoms with Crippen molar-refractivity contribution in [2.24, 2.45) is 5.92 Å². The predicted molar refractivity (Wildman–Crippen MR) is 79.3 cm³/mol. The van der Waals surface area contributed by atoms with Gasteiger partial charge < -0.3 is 4.90 Å². The van der Waals surface area contributed by atoms with Gasteiger partial charge >= 0.3 is 18.9 Å². The monoisotopic (exact) mass is 257 g/mol. The zero-order chi connectivity index (χ0) is 13.5. The van der Waals surface area contributed by atoms with Crippen molar-refractivity contribution < 1.29 is 18.9 Å². The van der Waals surface area contributed by atoms with E-state index in [0.717, 1.165) is 0 Å². The molecule has 0 spiro atoms. The molecule has 2 atom stereocenters. The molecule has 20 heavy (non-hydrogen) atoms. The summed E-state index contributed by atoms with van der Waals surface area (Å²) in [5, 5.41) is 0. The van der Waals surface area contributed by atoms with E-state index in [1.807, 2.05) is 0 Å². The minimum Gasteiger partial charge on any atom is -0.452 e. The summed E-state index contributed by atoms with van der Waals surface area (Å²) in [6.07, 6.45) is 12.3. The van der Waals surface area contributed by atoms with E-state index >= 15 is 0 Å². The normalized spacial score (nSPS) is 24.1. The van der Waals surface area contributed by atoms with Crippen LogP contribution >= 0.6 is 0 Å². The van der Waals surface area contributed by atoms with Crippen LogP contribution in [-0.2, 0) is 0 Å². The molecule has 1 heterocycles. The molecule has 0 radical (unpaired) electrons. The van der Waals surface area contributed by atoms with Crippen molar-refractivity contribution in [3.05, 3.63) is 72.0 Å². The molecular weight excluding hydrogens is 237 g/mol. The smallest absolute Gasteiger partial charge is 0.452 e. The van der Waals surface area contributed by atoms with Crippen LogP contribution in [0.5, 0.6) is 0 Å². The topological polar surface area (TPSA) is 3.24 Å². The molecule has 0 bridgehead atoms. The van der Waals surface area contributed by atoms with E-state index in [-0.39, 0.29) is 24.4 Å². The Bertz CT molecular complexity index is 549. The van der Waals surface area contributed by atoms with Gasteiger partial charge in [-0.1, -0.05) is 42.5 Å². The molecule has 1 aromatic rings. The molecule has 0 saturated heterocycles. The summed E-state index contributed by atoms with van der Waals surface area (Å²) in [5.41, 5.74) is 2.74. The Morgan fingerprint density at radius 2 is 1.75 bits per heavy atom. The Morgan fingerprint density at radius 3 is 2.40 bits per heavy atom. The third kappa shape index (κ3) is 2.66. The van der Waals surface area contributed by atoms with Gasteiger partial charge in [-0.05, 0) is 32.3 Å². The summed E-state index contributed by atoms with van der Waals surface area (Å²) >= 11 is 0. The van der Waals surface area contributed by atoms with E-state index in [0.29, 0.717) is 12.0 Å². The van der Waals surface area contributed by atoms with Gasteiger partial charge in [0.25, 0.3) is 0 Å². The number of benzene rings is 1. The fourth-order valence-corrected chi connectivity index (χ4v) is 2.91. The Balaban J connectivity index is 0.00000147. The molecule has 1 aliphatic heterocycles. The van der Waals surface area contributed by atoms with Gasteiger partial charge in [0.1, 0.15) is 0 Å². The van der Waals surface area contributed by atoms with E-state index in [1.165, 1.54) is 11.1 Å². The van der Waals surface area contributed by atoms with E-state index < -0.39 is 0 Å². The van der Waals surface area contributed by atoms with Crippen molar-refractivity contribution >= 4 is 0 Å². The molecule has 1 aliphatic carbocycles. The largest absolute Gasteiger partial charge is 1.00 e. The van der Waals surface area contributed by atoms with Gasteiger partial charge in [0, 0.05) is 11.6 Å². The Kier molecular flexibility index (Phi) is 4.33. The average Bonchev–Trinajstić information content (AvgIpc) is 2.79. The second-order valence-corrected chi connectivity index (χ2v) is 6.23. The van der Waals surface area contributed by atoms with Crippen molar-refractivity contribution in [1.82, 2.24) is 4.90 Å². The van der Waals surface area contributed by atoms with Crippen molar-refractivity contribution in [3.8, 4) is 0 Å². The Hall–Kier alpha value is -1.16. The zero-order valence-corrected chi connectivity index (χ0v) is 12.8. The molecule has 1 nitrogen and oxygen atoms in total. The molecule has 0 unspecified atom stereocenters. The molecule has 0 fully saturated rings. The van der Waals surface area contributed by atoms with Crippen LogP contribution in [0.3, 0.4) is 0 Å². The average molecular weight is 257 g/mol. The summed E-state index contributed by atoms with van der Waals surface area (Å²) in [4.78, 5) is 2.38. The van der Waals surface area contributed by atoms with Gasteiger partial charge in [-0.2, -0.15) is 11.8 Å². The van der Waals surface area contributed by atoms with E-state index in [2.05, 4.69) is 86.5 Å². The van der Waals surface area contributed by atoms with Crippen molar-refractivity contribution in [2.45, 2.75) is 32.4 Å². The van der Waals surface area contributed by atoms with Crippen LogP contribution in [0.15, 0.2) is 60.2 Å². The van der Waals surface area contributed by atoms with Crippen LogP contribution in [-0.4, -0.2) is 10.4 Å². The maximum atomic E-state index is 3.59. The van der Waals surface area contributed by atoms with Crippen LogP contribution in [0.25, 0.3) is 0 Å². The summed E-state index contributed by atoms with van der Waals surface area (Å²) in [6.45, 7) is 6.75. The van der Waals surface area contributed by atoms with Crippen LogP contribution in [0.4, 0.5) is 0 Å². The molecule has 0 amide bonds. The second-order valence-electron chi connectivity index (χ2n) is 6.23. The Morgan fingerprint density at radius 1 is 1.05 bits per heavy atom. The zero-order valence-electron chi connectivity index (χ0n) is 12.8. The summed E-state index contributed by atoms with van der Waals surface area (Å²) in [6, 6.07) is 11.1.